The van der Waals surface area contributed by atoms with Crippen LogP contribution >= 0.6 is 0 Å². The number of hydrazone groups is 1. The van der Waals surface area contributed by atoms with Crippen molar-refractivity contribution in [3.8, 4) is 5.75 Å². The standard InChI is InChI=1S/C14H13N3O4S/c15-22(20,21)12-7-5-10(6-8-12)14(19)17-16-9-11-3-1-2-4-13(11)18/h1-9,18H,(H,17,19)(H2,15,20,21)/b16-9+. The van der Waals surface area contributed by atoms with E-state index in [0.29, 0.717) is 5.56 Å². The molecule has 8 heteroatoms. The molecule has 0 aliphatic carbocycles. The topological polar surface area (TPSA) is 122 Å². The number of carbonyl (C=O) groups is 1. The molecule has 0 aliphatic rings. The second-order valence-corrected chi connectivity index (χ2v) is 5.89. The number of para-hydroxylation sites is 1. The SMILES string of the molecule is NS(=O)(=O)c1ccc(C(=O)N/N=C/c2ccccc2O)cc1. The second-order valence-electron chi connectivity index (χ2n) is 4.33. The lowest BCUT2D eigenvalue weighted by molar-refractivity contribution is 0.0955. The van der Waals surface area contributed by atoms with E-state index < -0.39 is 15.9 Å². The zero-order valence-corrected chi connectivity index (χ0v) is 12.1. The Morgan fingerprint density at radius 1 is 1.14 bits per heavy atom. The van der Waals surface area contributed by atoms with Gasteiger partial charge in [-0.1, -0.05) is 12.1 Å². The zero-order chi connectivity index (χ0) is 16.2. The third-order valence-corrected chi connectivity index (χ3v) is 3.68. The van der Waals surface area contributed by atoms with Crippen LogP contribution in [0.15, 0.2) is 58.5 Å². The highest BCUT2D eigenvalue weighted by Gasteiger charge is 2.09. The summed E-state index contributed by atoms with van der Waals surface area (Å²) in [4.78, 5) is 11.7. The molecule has 0 radical (unpaired) electrons. The van der Waals surface area contributed by atoms with Crippen molar-refractivity contribution in [1.82, 2.24) is 5.43 Å². The van der Waals surface area contributed by atoms with Crippen LogP contribution in [0.4, 0.5) is 0 Å². The number of hydrogen-bond donors (Lipinski definition) is 3. The maximum atomic E-state index is 11.8. The minimum Gasteiger partial charge on any atom is -0.507 e. The summed E-state index contributed by atoms with van der Waals surface area (Å²) in [5.74, 6) is -0.481. The number of sulfonamides is 1. The van der Waals surface area contributed by atoms with Gasteiger partial charge in [-0.05, 0) is 36.4 Å². The van der Waals surface area contributed by atoms with Gasteiger partial charge in [-0.2, -0.15) is 5.10 Å². The third-order valence-electron chi connectivity index (χ3n) is 2.75. The van der Waals surface area contributed by atoms with Crippen molar-refractivity contribution in [2.75, 3.05) is 0 Å². The van der Waals surface area contributed by atoms with Crippen LogP contribution in [0, 0.1) is 0 Å². The molecule has 2 rings (SSSR count). The van der Waals surface area contributed by atoms with Gasteiger partial charge < -0.3 is 5.11 Å². The average molecular weight is 319 g/mol. The molecule has 1 amide bonds. The van der Waals surface area contributed by atoms with E-state index in [1.165, 1.54) is 36.5 Å². The molecule has 0 heterocycles. The van der Waals surface area contributed by atoms with E-state index >= 15 is 0 Å². The van der Waals surface area contributed by atoms with Gasteiger partial charge in [-0.3, -0.25) is 4.79 Å². The summed E-state index contributed by atoms with van der Waals surface area (Å²) in [5.41, 5.74) is 2.95. The first-order chi connectivity index (χ1) is 10.4. The predicted molar refractivity (Wildman–Crippen MR) is 81.0 cm³/mol. The number of rotatable bonds is 4. The fourth-order valence-corrected chi connectivity index (χ4v) is 2.13. The second kappa shape index (κ2) is 6.37. The van der Waals surface area contributed by atoms with Gasteiger partial charge >= 0.3 is 0 Å². The Hall–Kier alpha value is -2.71. The quantitative estimate of drug-likeness (QED) is 0.570. The Morgan fingerprint density at radius 2 is 1.77 bits per heavy atom. The smallest absolute Gasteiger partial charge is 0.271 e. The summed E-state index contributed by atoms with van der Waals surface area (Å²) >= 11 is 0. The van der Waals surface area contributed by atoms with Gasteiger partial charge in [0.05, 0.1) is 11.1 Å². The molecule has 0 saturated carbocycles. The lowest BCUT2D eigenvalue weighted by atomic mass is 10.2. The van der Waals surface area contributed by atoms with E-state index in [1.54, 1.807) is 18.2 Å². The summed E-state index contributed by atoms with van der Waals surface area (Å²) in [6.45, 7) is 0. The molecule has 4 N–H and O–H groups in total. The van der Waals surface area contributed by atoms with Crippen LogP contribution in [-0.2, 0) is 10.0 Å². The van der Waals surface area contributed by atoms with E-state index in [4.69, 9.17) is 5.14 Å². The van der Waals surface area contributed by atoms with E-state index in [1.807, 2.05) is 0 Å². The molecule has 7 nitrogen and oxygen atoms in total. The van der Waals surface area contributed by atoms with E-state index in [-0.39, 0.29) is 16.2 Å². The molecule has 114 valence electrons. The number of phenols is 1. The highest BCUT2D eigenvalue weighted by atomic mass is 32.2. The van der Waals surface area contributed by atoms with Gasteiger partial charge in [0.2, 0.25) is 10.0 Å². The van der Waals surface area contributed by atoms with Crippen molar-refractivity contribution >= 4 is 22.1 Å². The first kappa shape index (κ1) is 15.7. The fourth-order valence-electron chi connectivity index (χ4n) is 1.62. The normalized spacial score (nSPS) is 11.5. The molecule has 2 aromatic rings. The van der Waals surface area contributed by atoms with Crippen LogP contribution in [0.5, 0.6) is 5.75 Å². The largest absolute Gasteiger partial charge is 0.507 e. The van der Waals surface area contributed by atoms with Crippen molar-refractivity contribution in [3.05, 3.63) is 59.7 Å². The number of benzene rings is 2. The Bertz CT molecular complexity index is 814. The van der Waals surface area contributed by atoms with Crippen LogP contribution in [0.25, 0.3) is 0 Å². The monoisotopic (exact) mass is 319 g/mol. The Morgan fingerprint density at radius 3 is 2.36 bits per heavy atom. The van der Waals surface area contributed by atoms with Crippen molar-refractivity contribution in [1.29, 1.82) is 0 Å². The lowest BCUT2D eigenvalue weighted by Gasteiger charge is -2.02. The summed E-state index contributed by atoms with van der Waals surface area (Å²) in [5, 5.41) is 18.2. The lowest BCUT2D eigenvalue weighted by Crippen LogP contribution is -2.18. The van der Waals surface area contributed by atoms with Gasteiger partial charge in [0, 0.05) is 11.1 Å². The molecule has 0 aromatic heterocycles. The predicted octanol–water partition coefficient (Wildman–Crippen LogP) is 0.803. The molecule has 0 unspecified atom stereocenters. The van der Waals surface area contributed by atoms with E-state index in [9.17, 15) is 18.3 Å². The number of nitrogens with one attached hydrogen (secondary N) is 1. The van der Waals surface area contributed by atoms with Crippen molar-refractivity contribution in [2.45, 2.75) is 4.90 Å². The summed E-state index contributed by atoms with van der Waals surface area (Å²) < 4.78 is 22.2. The molecular weight excluding hydrogens is 306 g/mol. The number of carbonyl (C=O) groups excluding carboxylic acids is 1. The van der Waals surface area contributed by atoms with Crippen LogP contribution in [0.3, 0.4) is 0 Å². The molecule has 0 saturated heterocycles. The van der Waals surface area contributed by atoms with E-state index in [0.717, 1.165) is 0 Å². The summed E-state index contributed by atoms with van der Waals surface area (Å²) in [6.07, 6.45) is 1.30. The highest BCUT2D eigenvalue weighted by Crippen LogP contribution is 2.12. The van der Waals surface area contributed by atoms with Crippen molar-refractivity contribution < 1.29 is 18.3 Å². The maximum Gasteiger partial charge on any atom is 0.271 e. The van der Waals surface area contributed by atoms with Gasteiger partial charge in [0.15, 0.2) is 0 Å². The number of aromatic hydroxyl groups is 1. The van der Waals surface area contributed by atoms with Crippen LogP contribution in [-0.4, -0.2) is 25.6 Å². The van der Waals surface area contributed by atoms with Gasteiger partial charge in [-0.25, -0.2) is 19.0 Å². The number of nitrogens with two attached hydrogens (primary N) is 1. The van der Waals surface area contributed by atoms with Gasteiger partial charge in [0.25, 0.3) is 5.91 Å². The molecule has 0 fully saturated rings. The molecule has 0 atom stereocenters. The van der Waals surface area contributed by atoms with Crippen molar-refractivity contribution in [2.24, 2.45) is 10.2 Å². The minimum absolute atomic E-state index is 0.0398. The minimum atomic E-state index is -3.79. The number of primary sulfonamides is 1. The number of nitrogens with zero attached hydrogens (tertiary/aromatic N) is 1. The number of hydrogen-bond acceptors (Lipinski definition) is 5. The molecule has 2 aromatic carbocycles. The van der Waals surface area contributed by atoms with Crippen LogP contribution in [0.1, 0.15) is 15.9 Å². The highest BCUT2D eigenvalue weighted by molar-refractivity contribution is 7.89. The summed E-state index contributed by atoms with van der Waals surface area (Å²) in [6, 6.07) is 11.6. The maximum absolute atomic E-state index is 11.8. The average Bonchev–Trinajstić information content (AvgIpc) is 2.48. The van der Waals surface area contributed by atoms with Crippen LogP contribution in [0.2, 0.25) is 0 Å². The van der Waals surface area contributed by atoms with E-state index in [2.05, 4.69) is 10.5 Å². The first-order valence-electron chi connectivity index (χ1n) is 6.12. The fraction of sp³-hybridized carbons (Fsp3) is 0. The first-order valence-corrected chi connectivity index (χ1v) is 7.67. The number of phenolic OH excluding ortho intramolecular Hbond substituents is 1. The Kier molecular flexibility index (Phi) is 4.54. The number of amides is 1. The van der Waals surface area contributed by atoms with Crippen molar-refractivity contribution in [3.63, 3.8) is 0 Å². The third kappa shape index (κ3) is 3.90. The molecule has 0 spiro atoms. The van der Waals surface area contributed by atoms with Crippen LogP contribution < -0.4 is 10.6 Å². The molecule has 22 heavy (non-hydrogen) atoms. The Labute approximate surface area is 127 Å². The molecular formula is C14H13N3O4S. The van der Waals surface area contributed by atoms with Gasteiger partial charge in [-0.15, -0.1) is 0 Å². The van der Waals surface area contributed by atoms with Gasteiger partial charge in [0.1, 0.15) is 5.75 Å². The molecule has 0 aliphatic heterocycles. The molecule has 0 bridgehead atoms. The Balaban J connectivity index is 2.05. The zero-order valence-electron chi connectivity index (χ0n) is 11.3. The summed E-state index contributed by atoms with van der Waals surface area (Å²) in [7, 11) is -3.79.